The summed E-state index contributed by atoms with van der Waals surface area (Å²) in [7, 11) is 1.69. The SMILES string of the molecule is CC(CN)N(C)C(=O)c1cccc(Cl)c1Cl. The Labute approximate surface area is 105 Å². The normalized spacial score (nSPS) is 12.3. The lowest BCUT2D eigenvalue weighted by molar-refractivity contribution is 0.0748. The van der Waals surface area contributed by atoms with E-state index in [4.69, 9.17) is 28.9 Å². The van der Waals surface area contributed by atoms with Crippen molar-refractivity contribution in [3.8, 4) is 0 Å². The van der Waals surface area contributed by atoms with Gasteiger partial charge in [0.2, 0.25) is 0 Å². The number of amides is 1. The number of benzene rings is 1. The van der Waals surface area contributed by atoms with Crippen molar-refractivity contribution in [1.82, 2.24) is 4.90 Å². The molecule has 1 aromatic rings. The van der Waals surface area contributed by atoms with Crippen LogP contribution in [0.15, 0.2) is 18.2 Å². The summed E-state index contributed by atoms with van der Waals surface area (Å²) in [6.45, 7) is 2.27. The maximum atomic E-state index is 12.0. The first-order valence-corrected chi connectivity index (χ1v) is 5.65. The van der Waals surface area contributed by atoms with Crippen LogP contribution in [0.4, 0.5) is 0 Å². The second-order valence-electron chi connectivity index (χ2n) is 3.60. The number of hydrogen-bond acceptors (Lipinski definition) is 2. The summed E-state index contributed by atoms with van der Waals surface area (Å²) < 4.78 is 0. The lowest BCUT2D eigenvalue weighted by Crippen LogP contribution is -2.39. The molecule has 1 rings (SSSR count). The molecule has 5 heteroatoms. The van der Waals surface area contributed by atoms with Gasteiger partial charge in [-0.2, -0.15) is 0 Å². The average molecular weight is 261 g/mol. The molecule has 0 aliphatic heterocycles. The van der Waals surface area contributed by atoms with E-state index >= 15 is 0 Å². The molecule has 0 heterocycles. The van der Waals surface area contributed by atoms with E-state index in [1.807, 2.05) is 6.92 Å². The summed E-state index contributed by atoms with van der Waals surface area (Å²) in [5.41, 5.74) is 5.90. The first kappa shape index (κ1) is 13.3. The van der Waals surface area contributed by atoms with Crippen LogP contribution in [0.1, 0.15) is 17.3 Å². The van der Waals surface area contributed by atoms with Gasteiger partial charge >= 0.3 is 0 Å². The Balaban J connectivity index is 3.01. The van der Waals surface area contributed by atoms with Gasteiger partial charge in [0.25, 0.3) is 5.91 Å². The molecule has 0 spiro atoms. The summed E-state index contributed by atoms with van der Waals surface area (Å²) >= 11 is 11.8. The van der Waals surface area contributed by atoms with Crippen molar-refractivity contribution in [2.45, 2.75) is 13.0 Å². The third kappa shape index (κ3) is 2.67. The standard InChI is InChI=1S/C11H14Cl2N2O/c1-7(6-14)15(2)11(16)8-4-3-5-9(12)10(8)13/h3-5,7H,6,14H2,1-2H3. The predicted molar refractivity (Wildman–Crippen MR) is 67.1 cm³/mol. The predicted octanol–water partition coefficient (Wildman–Crippen LogP) is 2.41. The molecule has 0 radical (unpaired) electrons. The van der Waals surface area contributed by atoms with Gasteiger partial charge in [-0.3, -0.25) is 4.79 Å². The third-order valence-corrected chi connectivity index (χ3v) is 3.32. The molecular weight excluding hydrogens is 247 g/mol. The number of carbonyl (C=O) groups excluding carboxylic acids is 1. The van der Waals surface area contributed by atoms with Gasteiger partial charge in [-0.15, -0.1) is 0 Å². The second-order valence-corrected chi connectivity index (χ2v) is 4.39. The highest BCUT2D eigenvalue weighted by atomic mass is 35.5. The van der Waals surface area contributed by atoms with E-state index in [2.05, 4.69) is 0 Å². The summed E-state index contributed by atoms with van der Waals surface area (Å²) in [5, 5.41) is 0.659. The van der Waals surface area contributed by atoms with E-state index in [-0.39, 0.29) is 17.0 Å². The monoisotopic (exact) mass is 260 g/mol. The van der Waals surface area contributed by atoms with Gasteiger partial charge < -0.3 is 10.6 Å². The molecule has 0 aliphatic carbocycles. The van der Waals surface area contributed by atoms with Gasteiger partial charge in [-0.1, -0.05) is 29.3 Å². The van der Waals surface area contributed by atoms with Gasteiger partial charge in [-0.25, -0.2) is 0 Å². The molecule has 88 valence electrons. The molecule has 0 bridgehead atoms. The fourth-order valence-corrected chi connectivity index (χ4v) is 1.60. The van der Waals surface area contributed by atoms with E-state index in [0.717, 1.165) is 0 Å². The van der Waals surface area contributed by atoms with E-state index in [1.165, 1.54) is 0 Å². The van der Waals surface area contributed by atoms with Crippen LogP contribution >= 0.6 is 23.2 Å². The fraction of sp³-hybridized carbons (Fsp3) is 0.364. The van der Waals surface area contributed by atoms with Crippen LogP contribution in [0.2, 0.25) is 10.0 Å². The largest absolute Gasteiger partial charge is 0.338 e. The van der Waals surface area contributed by atoms with Crippen molar-refractivity contribution >= 4 is 29.1 Å². The van der Waals surface area contributed by atoms with Crippen molar-refractivity contribution in [2.24, 2.45) is 5.73 Å². The zero-order valence-corrected chi connectivity index (χ0v) is 10.7. The number of nitrogens with two attached hydrogens (primary N) is 1. The van der Waals surface area contributed by atoms with Crippen molar-refractivity contribution in [3.05, 3.63) is 33.8 Å². The van der Waals surface area contributed by atoms with Crippen LogP contribution in [-0.2, 0) is 0 Å². The summed E-state index contributed by atoms with van der Waals surface area (Å²) in [4.78, 5) is 13.6. The highest BCUT2D eigenvalue weighted by Crippen LogP contribution is 2.26. The van der Waals surface area contributed by atoms with Gasteiger partial charge in [0.05, 0.1) is 15.6 Å². The minimum Gasteiger partial charge on any atom is -0.338 e. The second kappa shape index (κ2) is 5.53. The van der Waals surface area contributed by atoms with Crippen molar-refractivity contribution in [1.29, 1.82) is 0 Å². The number of nitrogens with zero attached hydrogens (tertiary/aromatic N) is 1. The van der Waals surface area contributed by atoms with Crippen LogP contribution in [0.3, 0.4) is 0 Å². The molecule has 3 nitrogen and oxygen atoms in total. The third-order valence-electron chi connectivity index (χ3n) is 2.50. The molecule has 0 fully saturated rings. The van der Waals surface area contributed by atoms with Crippen LogP contribution in [0.5, 0.6) is 0 Å². The highest BCUT2D eigenvalue weighted by Gasteiger charge is 2.19. The zero-order chi connectivity index (χ0) is 12.3. The Bertz CT molecular complexity index is 396. The van der Waals surface area contributed by atoms with Gasteiger partial charge in [0.15, 0.2) is 0 Å². The minimum absolute atomic E-state index is 0.0393. The Morgan fingerprint density at radius 1 is 1.50 bits per heavy atom. The summed E-state index contributed by atoms with van der Waals surface area (Å²) in [6.07, 6.45) is 0. The smallest absolute Gasteiger partial charge is 0.255 e. The average Bonchev–Trinajstić information content (AvgIpc) is 2.29. The van der Waals surface area contributed by atoms with Gasteiger partial charge in [0.1, 0.15) is 0 Å². The first-order valence-electron chi connectivity index (χ1n) is 4.90. The van der Waals surface area contributed by atoms with Gasteiger partial charge in [-0.05, 0) is 19.1 Å². The topological polar surface area (TPSA) is 46.3 Å². The lowest BCUT2D eigenvalue weighted by Gasteiger charge is -2.24. The molecule has 0 saturated heterocycles. The van der Waals surface area contributed by atoms with E-state index in [1.54, 1.807) is 30.1 Å². The van der Waals surface area contributed by atoms with E-state index < -0.39 is 0 Å². The molecule has 16 heavy (non-hydrogen) atoms. The Kier molecular flexibility index (Phi) is 4.59. The molecule has 0 saturated carbocycles. The minimum atomic E-state index is -0.176. The molecule has 0 aliphatic rings. The Morgan fingerprint density at radius 3 is 2.69 bits per heavy atom. The summed E-state index contributed by atoms with van der Waals surface area (Å²) in [6, 6.07) is 4.95. The maximum absolute atomic E-state index is 12.0. The molecule has 1 unspecified atom stereocenters. The number of hydrogen-bond donors (Lipinski definition) is 1. The van der Waals surface area contributed by atoms with Crippen LogP contribution in [0.25, 0.3) is 0 Å². The molecular formula is C11H14Cl2N2O. The number of halogens is 2. The summed E-state index contributed by atoms with van der Waals surface area (Å²) in [5.74, 6) is -0.176. The lowest BCUT2D eigenvalue weighted by atomic mass is 10.1. The maximum Gasteiger partial charge on any atom is 0.255 e. The number of carbonyl (C=O) groups is 1. The molecule has 2 N–H and O–H groups in total. The molecule has 1 atom stereocenters. The Hall–Kier alpha value is -0.770. The zero-order valence-electron chi connectivity index (χ0n) is 9.21. The molecule has 1 aromatic carbocycles. The van der Waals surface area contributed by atoms with E-state index in [9.17, 15) is 4.79 Å². The molecule has 0 aromatic heterocycles. The molecule has 1 amide bonds. The highest BCUT2D eigenvalue weighted by molar-refractivity contribution is 6.43. The van der Waals surface area contributed by atoms with Crippen LogP contribution in [0, 0.1) is 0 Å². The first-order chi connectivity index (χ1) is 7.49. The van der Waals surface area contributed by atoms with Crippen LogP contribution in [-0.4, -0.2) is 30.4 Å². The number of likely N-dealkylation sites (N-methyl/N-ethyl adjacent to an activating group) is 1. The van der Waals surface area contributed by atoms with E-state index in [0.29, 0.717) is 17.1 Å². The van der Waals surface area contributed by atoms with Crippen molar-refractivity contribution in [3.63, 3.8) is 0 Å². The van der Waals surface area contributed by atoms with Crippen molar-refractivity contribution < 1.29 is 4.79 Å². The quantitative estimate of drug-likeness (QED) is 0.908. The van der Waals surface area contributed by atoms with Crippen molar-refractivity contribution in [2.75, 3.05) is 13.6 Å². The van der Waals surface area contributed by atoms with Gasteiger partial charge in [0, 0.05) is 19.6 Å². The van der Waals surface area contributed by atoms with Crippen LogP contribution < -0.4 is 5.73 Å². The Morgan fingerprint density at radius 2 is 2.12 bits per heavy atom. The fourth-order valence-electron chi connectivity index (χ4n) is 1.22. The number of rotatable bonds is 3.